The van der Waals surface area contributed by atoms with E-state index in [1.165, 1.54) is 30.9 Å². The van der Waals surface area contributed by atoms with Gasteiger partial charge in [0, 0.05) is 23.7 Å². The minimum Gasteiger partial charge on any atom is -0.310 e. The van der Waals surface area contributed by atoms with Crippen molar-refractivity contribution in [1.29, 1.82) is 0 Å². The maximum Gasteiger partial charge on any atom is 0.417 e. The lowest BCUT2D eigenvalue weighted by Gasteiger charge is -2.39. The maximum atomic E-state index is 13.8. The molecule has 4 aliphatic heterocycles. The van der Waals surface area contributed by atoms with E-state index in [1.807, 2.05) is 24.3 Å². The van der Waals surface area contributed by atoms with Crippen LogP contribution in [0.15, 0.2) is 41.3 Å². The van der Waals surface area contributed by atoms with Crippen LogP contribution in [0.25, 0.3) is 11.1 Å². The van der Waals surface area contributed by atoms with Crippen LogP contribution in [0.5, 0.6) is 0 Å². The summed E-state index contributed by atoms with van der Waals surface area (Å²) in [6, 6.07) is 11.7. The molecule has 2 aromatic carbocycles. The molecule has 2 bridgehead atoms. The lowest BCUT2D eigenvalue weighted by molar-refractivity contribution is -0.140. The largest absolute Gasteiger partial charge is 0.417 e. The van der Waals surface area contributed by atoms with Crippen LogP contribution < -0.4 is 32.4 Å². The van der Waals surface area contributed by atoms with Gasteiger partial charge in [-0.25, -0.2) is 24.4 Å². The van der Waals surface area contributed by atoms with E-state index in [1.54, 1.807) is 0 Å². The highest BCUT2D eigenvalue weighted by Crippen LogP contribution is 2.42. The van der Waals surface area contributed by atoms with E-state index in [2.05, 4.69) is 32.1 Å². The average molecular weight is 552 g/mol. The molecule has 206 valence electrons. The van der Waals surface area contributed by atoms with Crippen molar-refractivity contribution in [3.63, 3.8) is 0 Å². The second-order valence-electron chi connectivity index (χ2n) is 10.7. The Balaban J connectivity index is 1.27. The molecule has 7 N–H and O–H groups in total. The van der Waals surface area contributed by atoms with E-state index in [0.29, 0.717) is 35.2 Å². The van der Waals surface area contributed by atoms with Crippen molar-refractivity contribution in [2.75, 3.05) is 13.1 Å². The summed E-state index contributed by atoms with van der Waals surface area (Å²) in [6.07, 6.45) is 0.0436. The van der Waals surface area contributed by atoms with Crippen molar-refractivity contribution in [3.8, 4) is 11.1 Å². The Morgan fingerprint density at radius 3 is 2.16 bits per heavy atom. The number of nitrogens with zero attached hydrogens (tertiary/aromatic N) is 1. The number of rotatable bonds is 5. The lowest BCUT2D eigenvalue weighted by atomic mass is 9.86. The van der Waals surface area contributed by atoms with Gasteiger partial charge < -0.3 is 5.32 Å². The van der Waals surface area contributed by atoms with Crippen LogP contribution in [0.1, 0.15) is 60.9 Å². The van der Waals surface area contributed by atoms with Gasteiger partial charge in [0.1, 0.15) is 11.1 Å². The van der Waals surface area contributed by atoms with E-state index in [4.69, 9.17) is 5.14 Å². The molecule has 3 atom stereocenters. The van der Waals surface area contributed by atoms with Crippen molar-refractivity contribution in [2.24, 2.45) is 5.14 Å². The topological polar surface area (TPSA) is 124 Å². The number of likely N-dealkylation sites (tertiary alicyclic amines) is 1. The van der Waals surface area contributed by atoms with E-state index < -0.39 is 32.8 Å². The van der Waals surface area contributed by atoms with Crippen LogP contribution >= 0.6 is 0 Å². The van der Waals surface area contributed by atoms with Crippen molar-refractivity contribution in [3.05, 3.63) is 53.1 Å². The lowest BCUT2D eigenvalue weighted by Crippen LogP contribution is -2.46. The molecule has 0 aromatic heterocycles. The molecule has 0 aliphatic carbocycles. The van der Waals surface area contributed by atoms with Gasteiger partial charge in [-0.3, -0.25) is 4.90 Å². The Kier molecular flexibility index (Phi) is 6.76. The van der Waals surface area contributed by atoms with Crippen LogP contribution in [0.4, 0.5) is 13.2 Å². The van der Waals surface area contributed by atoms with E-state index in [-0.39, 0.29) is 5.56 Å². The van der Waals surface area contributed by atoms with Gasteiger partial charge in [0.2, 0.25) is 10.0 Å². The SMILES string of the molecule is NS(=O)(=O)c1c(C(F)(F)F)ccc(-c2ccc(C3CCN(C4CC5CCC4N5)CC3)cc2)c1C1NNNN1. The number of hydrogen-bond acceptors (Lipinski definition) is 8. The number of nitrogens with one attached hydrogen (secondary N) is 5. The van der Waals surface area contributed by atoms with Gasteiger partial charge in [-0.15, -0.1) is 0 Å². The summed E-state index contributed by atoms with van der Waals surface area (Å²) in [7, 11) is -4.72. The minimum absolute atomic E-state index is 0.111. The summed E-state index contributed by atoms with van der Waals surface area (Å²) in [6.45, 7) is 2.11. The van der Waals surface area contributed by atoms with E-state index >= 15 is 0 Å². The molecule has 0 saturated carbocycles. The highest BCUT2D eigenvalue weighted by molar-refractivity contribution is 7.89. The number of benzene rings is 2. The highest BCUT2D eigenvalue weighted by atomic mass is 32.2. The predicted molar refractivity (Wildman–Crippen MR) is 135 cm³/mol. The van der Waals surface area contributed by atoms with Crippen LogP contribution in [0, 0.1) is 0 Å². The number of piperidine rings is 1. The van der Waals surface area contributed by atoms with Crippen molar-refractivity contribution < 1.29 is 21.6 Å². The predicted octanol–water partition coefficient (Wildman–Crippen LogP) is 2.21. The van der Waals surface area contributed by atoms with Crippen molar-refractivity contribution >= 4 is 10.0 Å². The molecular formula is C25H32F3N7O2S. The third kappa shape index (κ3) is 4.86. The number of hydrazine groups is 3. The fourth-order valence-electron chi connectivity index (χ4n) is 6.76. The summed E-state index contributed by atoms with van der Waals surface area (Å²) in [5.41, 5.74) is 11.2. The number of hydrogen-bond donors (Lipinski definition) is 6. The zero-order chi connectivity index (χ0) is 26.7. The number of halogens is 3. The molecule has 13 heteroatoms. The summed E-state index contributed by atoms with van der Waals surface area (Å²) < 4.78 is 66.3. The van der Waals surface area contributed by atoms with Crippen molar-refractivity contribution in [2.45, 2.75) is 73.4 Å². The Morgan fingerprint density at radius 2 is 1.61 bits per heavy atom. The van der Waals surface area contributed by atoms with E-state index in [0.717, 1.165) is 32.0 Å². The molecule has 9 nitrogen and oxygen atoms in total. The molecular weight excluding hydrogens is 519 g/mol. The molecule has 0 radical (unpaired) electrons. The smallest absolute Gasteiger partial charge is 0.310 e. The molecule has 4 aliphatic rings. The standard InChI is InChI=1S/C25H32F3N7O2S/c26-25(27,28)19-7-6-18(22(23(19)38(29,36)37)24-31-33-34-32-24)16-3-1-14(2-4-16)15-9-11-35(12-10-15)21-13-17-5-8-20(21)30-17/h1-4,6-7,15,17,20-21,24,30-34H,5,8-13H2,(H2,29,36,37). The number of sulfonamides is 1. The molecule has 0 amide bonds. The van der Waals surface area contributed by atoms with Crippen LogP contribution in [-0.2, 0) is 16.2 Å². The van der Waals surface area contributed by atoms with Gasteiger partial charge in [-0.2, -0.15) is 24.2 Å². The second-order valence-corrected chi connectivity index (χ2v) is 12.2. The van der Waals surface area contributed by atoms with Gasteiger partial charge in [0.25, 0.3) is 0 Å². The van der Waals surface area contributed by atoms with Gasteiger partial charge in [-0.1, -0.05) is 30.3 Å². The van der Waals surface area contributed by atoms with Gasteiger partial charge >= 0.3 is 6.18 Å². The zero-order valence-corrected chi connectivity index (χ0v) is 21.5. The molecule has 4 heterocycles. The van der Waals surface area contributed by atoms with Crippen LogP contribution in [-0.4, -0.2) is 44.5 Å². The van der Waals surface area contributed by atoms with Crippen LogP contribution in [0.2, 0.25) is 0 Å². The first-order valence-electron chi connectivity index (χ1n) is 13.0. The summed E-state index contributed by atoms with van der Waals surface area (Å²) in [5, 5.41) is 9.06. The number of fused-ring (bicyclic) bond motifs is 2. The highest BCUT2D eigenvalue weighted by Gasteiger charge is 2.43. The first-order valence-corrected chi connectivity index (χ1v) is 14.5. The monoisotopic (exact) mass is 551 g/mol. The number of alkyl halides is 3. The van der Waals surface area contributed by atoms with Crippen LogP contribution in [0.3, 0.4) is 0 Å². The average Bonchev–Trinajstić information content (AvgIpc) is 3.66. The second kappa shape index (κ2) is 9.82. The third-order valence-corrected chi connectivity index (χ3v) is 9.54. The van der Waals surface area contributed by atoms with Crippen molar-refractivity contribution in [1.82, 2.24) is 32.1 Å². The molecule has 38 heavy (non-hydrogen) atoms. The minimum atomic E-state index is -4.90. The third-order valence-electron chi connectivity index (χ3n) is 8.53. The molecule has 4 saturated heterocycles. The van der Waals surface area contributed by atoms with Gasteiger partial charge in [0.05, 0.1) is 5.56 Å². The maximum absolute atomic E-state index is 13.8. The molecule has 2 aromatic rings. The summed E-state index contributed by atoms with van der Waals surface area (Å²) in [5.74, 6) is 0.408. The Hall–Kier alpha value is -2.10. The molecule has 6 rings (SSSR count). The Labute approximate surface area is 219 Å². The quantitative estimate of drug-likeness (QED) is 0.335. The van der Waals surface area contributed by atoms with E-state index in [9.17, 15) is 21.6 Å². The fourth-order valence-corrected chi connectivity index (χ4v) is 7.79. The van der Waals surface area contributed by atoms with Gasteiger partial charge in [-0.05, 0) is 73.9 Å². The Morgan fingerprint density at radius 1 is 0.921 bits per heavy atom. The first kappa shape index (κ1) is 26.1. The molecule has 0 spiro atoms. The summed E-state index contributed by atoms with van der Waals surface area (Å²) in [4.78, 5) is 1.68. The number of primary sulfonamides is 1. The molecule has 3 unspecified atom stereocenters. The summed E-state index contributed by atoms with van der Waals surface area (Å²) >= 11 is 0. The normalized spacial score (nSPS) is 27.4. The first-order chi connectivity index (χ1) is 18.1. The zero-order valence-electron chi connectivity index (χ0n) is 20.7. The molecule has 4 fully saturated rings. The number of nitrogens with two attached hydrogens (primary N) is 1. The fraction of sp³-hybridized carbons (Fsp3) is 0.520. The van der Waals surface area contributed by atoms with Gasteiger partial charge in [0.15, 0.2) is 0 Å². The Bertz CT molecular complexity index is 1290.